The minimum Gasteiger partial charge on any atom is -0.309 e. The fourth-order valence-electron chi connectivity index (χ4n) is 2.01. The quantitative estimate of drug-likeness (QED) is 0.930. The van der Waals surface area contributed by atoms with Gasteiger partial charge in [-0.3, -0.25) is 4.79 Å². The number of nitrogens with one attached hydrogen (secondary N) is 1. The summed E-state index contributed by atoms with van der Waals surface area (Å²) in [6.45, 7) is 5.91. The van der Waals surface area contributed by atoms with Gasteiger partial charge in [-0.05, 0) is 23.6 Å². The Balaban J connectivity index is 2.51. The summed E-state index contributed by atoms with van der Waals surface area (Å²) in [7, 11) is 0. The minimum absolute atomic E-state index is 0.187. The van der Waals surface area contributed by atoms with E-state index in [4.69, 9.17) is 16.9 Å². The Morgan fingerprint density at radius 3 is 2.77 bits per heavy atom. The van der Waals surface area contributed by atoms with Crippen molar-refractivity contribution in [2.24, 2.45) is 0 Å². The van der Waals surface area contributed by atoms with Gasteiger partial charge in [-0.1, -0.05) is 38.4 Å². The average Bonchev–Trinajstić information content (AvgIpc) is 2.89. The number of nitrogens with zero attached hydrogens (tertiary/aromatic N) is 3. The van der Waals surface area contributed by atoms with Crippen LogP contribution in [0.2, 0.25) is 5.02 Å². The molecule has 0 aliphatic heterocycles. The number of halogens is 1. The Hall–Kier alpha value is -2.32. The molecule has 0 bridgehead atoms. The second kappa shape index (κ2) is 6.63. The highest BCUT2D eigenvalue weighted by atomic mass is 35.5. The van der Waals surface area contributed by atoms with Gasteiger partial charge in [-0.25, -0.2) is 4.68 Å². The highest BCUT2D eigenvalue weighted by molar-refractivity contribution is 6.32. The van der Waals surface area contributed by atoms with Gasteiger partial charge >= 0.3 is 0 Å². The molecule has 0 aliphatic rings. The molecule has 0 saturated carbocycles. The largest absolute Gasteiger partial charge is 0.309 e. The van der Waals surface area contributed by atoms with Crippen LogP contribution in [0.3, 0.4) is 0 Å². The number of amides is 1. The predicted molar refractivity (Wildman–Crippen MR) is 86.3 cm³/mol. The van der Waals surface area contributed by atoms with Gasteiger partial charge in [0.15, 0.2) is 5.82 Å². The minimum atomic E-state index is -0.187. The van der Waals surface area contributed by atoms with E-state index in [0.29, 0.717) is 34.4 Å². The fourth-order valence-corrected chi connectivity index (χ4v) is 2.28. The summed E-state index contributed by atoms with van der Waals surface area (Å²) < 4.78 is 1.48. The van der Waals surface area contributed by atoms with Crippen LogP contribution in [0.15, 0.2) is 24.4 Å². The molecular formula is C16H17ClN4O. The first-order valence-electron chi connectivity index (χ1n) is 7.05. The molecule has 0 fully saturated rings. The second-order valence-corrected chi connectivity index (χ2v) is 5.60. The summed E-state index contributed by atoms with van der Waals surface area (Å²) >= 11 is 6.35. The first-order valence-corrected chi connectivity index (χ1v) is 7.43. The Labute approximate surface area is 134 Å². The average molecular weight is 317 g/mol. The molecule has 1 aromatic heterocycles. The first-order chi connectivity index (χ1) is 10.5. The van der Waals surface area contributed by atoms with Crippen molar-refractivity contribution in [1.82, 2.24) is 9.78 Å². The van der Waals surface area contributed by atoms with E-state index >= 15 is 0 Å². The summed E-state index contributed by atoms with van der Waals surface area (Å²) in [5.41, 5.74) is 2.03. The van der Waals surface area contributed by atoms with Gasteiger partial charge < -0.3 is 5.32 Å². The molecule has 0 saturated heterocycles. The number of rotatable bonds is 4. The zero-order valence-electron chi connectivity index (χ0n) is 12.7. The SMILES string of the molecule is CCC(=O)Nc1c(C#N)cnn1-c1ccc(C(C)C)cc1Cl. The molecule has 0 atom stereocenters. The van der Waals surface area contributed by atoms with Crippen molar-refractivity contribution >= 4 is 23.3 Å². The number of carbonyl (C=O) groups is 1. The van der Waals surface area contributed by atoms with Gasteiger partial charge in [0.25, 0.3) is 0 Å². The van der Waals surface area contributed by atoms with Crippen molar-refractivity contribution in [3.63, 3.8) is 0 Å². The number of benzene rings is 1. The van der Waals surface area contributed by atoms with Gasteiger partial charge in [0.05, 0.1) is 16.9 Å². The molecule has 0 unspecified atom stereocenters. The van der Waals surface area contributed by atoms with E-state index in [2.05, 4.69) is 24.3 Å². The van der Waals surface area contributed by atoms with Crippen molar-refractivity contribution in [3.05, 3.63) is 40.5 Å². The molecule has 2 aromatic rings. The van der Waals surface area contributed by atoms with Crippen molar-refractivity contribution < 1.29 is 4.79 Å². The zero-order valence-corrected chi connectivity index (χ0v) is 13.5. The van der Waals surface area contributed by atoms with Crippen LogP contribution >= 0.6 is 11.6 Å². The van der Waals surface area contributed by atoms with Gasteiger partial charge in [-0.2, -0.15) is 10.4 Å². The number of aromatic nitrogens is 2. The third kappa shape index (κ3) is 3.12. The second-order valence-electron chi connectivity index (χ2n) is 5.20. The highest BCUT2D eigenvalue weighted by Crippen LogP contribution is 2.28. The van der Waals surface area contributed by atoms with E-state index in [1.807, 2.05) is 24.3 Å². The summed E-state index contributed by atoms with van der Waals surface area (Å²) in [5.74, 6) is 0.514. The van der Waals surface area contributed by atoms with E-state index in [9.17, 15) is 4.79 Å². The van der Waals surface area contributed by atoms with Gasteiger partial charge in [-0.15, -0.1) is 0 Å². The molecule has 6 heteroatoms. The lowest BCUT2D eigenvalue weighted by atomic mass is 10.0. The molecule has 1 N–H and O–H groups in total. The molecule has 0 aliphatic carbocycles. The number of carbonyl (C=O) groups excluding carboxylic acids is 1. The normalized spacial score (nSPS) is 10.5. The Kier molecular flexibility index (Phi) is 4.84. The highest BCUT2D eigenvalue weighted by Gasteiger charge is 2.16. The Morgan fingerprint density at radius 1 is 1.50 bits per heavy atom. The lowest BCUT2D eigenvalue weighted by Crippen LogP contribution is -2.14. The fraction of sp³-hybridized carbons (Fsp3) is 0.312. The topological polar surface area (TPSA) is 70.7 Å². The Morgan fingerprint density at radius 2 is 2.23 bits per heavy atom. The third-order valence-electron chi connectivity index (χ3n) is 3.34. The molecule has 5 nitrogen and oxygen atoms in total. The molecule has 0 spiro atoms. The van der Waals surface area contributed by atoms with E-state index in [1.54, 1.807) is 6.92 Å². The molecule has 2 rings (SSSR count). The van der Waals surface area contributed by atoms with Crippen LogP contribution in [0.4, 0.5) is 5.82 Å². The van der Waals surface area contributed by atoms with Gasteiger partial charge in [0, 0.05) is 6.42 Å². The smallest absolute Gasteiger partial charge is 0.225 e. The summed E-state index contributed by atoms with van der Waals surface area (Å²) in [6.07, 6.45) is 1.73. The number of nitriles is 1. The maximum absolute atomic E-state index is 11.7. The summed E-state index contributed by atoms with van der Waals surface area (Å²) in [5, 5.41) is 16.6. The monoisotopic (exact) mass is 316 g/mol. The van der Waals surface area contributed by atoms with Crippen LogP contribution in [-0.2, 0) is 4.79 Å². The van der Waals surface area contributed by atoms with Crippen LogP contribution in [-0.4, -0.2) is 15.7 Å². The number of hydrogen-bond acceptors (Lipinski definition) is 3. The van der Waals surface area contributed by atoms with Crippen LogP contribution in [0, 0.1) is 11.3 Å². The van der Waals surface area contributed by atoms with E-state index < -0.39 is 0 Å². The Bertz CT molecular complexity index is 743. The first kappa shape index (κ1) is 16.1. The lowest BCUT2D eigenvalue weighted by Gasteiger charge is -2.12. The van der Waals surface area contributed by atoms with Crippen LogP contribution in [0.25, 0.3) is 5.69 Å². The van der Waals surface area contributed by atoms with Crippen LogP contribution < -0.4 is 5.32 Å². The van der Waals surface area contributed by atoms with Crippen molar-refractivity contribution in [2.75, 3.05) is 5.32 Å². The van der Waals surface area contributed by atoms with E-state index in [1.165, 1.54) is 10.9 Å². The van der Waals surface area contributed by atoms with Crippen molar-refractivity contribution in [2.45, 2.75) is 33.1 Å². The molecule has 22 heavy (non-hydrogen) atoms. The molecule has 114 valence electrons. The predicted octanol–water partition coefficient (Wildman–Crippen LogP) is 3.87. The van der Waals surface area contributed by atoms with Crippen molar-refractivity contribution in [1.29, 1.82) is 5.26 Å². The third-order valence-corrected chi connectivity index (χ3v) is 3.64. The maximum atomic E-state index is 11.7. The van der Waals surface area contributed by atoms with E-state index in [-0.39, 0.29) is 5.91 Å². The van der Waals surface area contributed by atoms with Crippen LogP contribution in [0.5, 0.6) is 0 Å². The molecule has 1 heterocycles. The van der Waals surface area contributed by atoms with Crippen molar-refractivity contribution in [3.8, 4) is 11.8 Å². The van der Waals surface area contributed by atoms with E-state index in [0.717, 1.165) is 5.56 Å². The number of anilines is 1. The molecular weight excluding hydrogens is 300 g/mol. The van der Waals surface area contributed by atoms with Crippen LogP contribution in [0.1, 0.15) is 44.2 Å². The molecule has 1 amide bonds. The molecule has 1 aromatic carbocycles. The summed E-state index contributed by atoms with van der Waals surface area (Å²) in [4.78, 5) is 11.7. The van der Waals surface area contributed by atoms with Gasteiger partial charge in [0.1, 0.15) is 11.6 Å². The van der Waals surface area contributed by atoms with Gasteiger partial charge in [0.2, 0.25) is 5.91 Å². The zero-order chi connectivity index (χ0) is 16.3. The maximum Gasteiger partial charge on any atom is 0.225 e. The summed E-state index contributed by atoms with van der Waals surface area (Å²) in [6, 6.07) is 7.70. The number of hydrogen-bond donors (Lipinski definition) is 1. The standard InChI is InChI=1S/C16H17ClN4O/c1-4-15(22)20-16-12(8-18)9-19-21(16)14-6-5-11(10(2)3)7-13(14)17/h5-7,9-10H,4H2,1-3H3,(H,20,22). The molecule has 0 radical (unpaired) electrons. The lowest BCUT2D eigenvalue weighted by molar-refractivity contribution is -0.115.